The summed E-state index contributed by atoms with van der Waals surface area (Å²) in [5.74, 6) is -4.63. The Morgan fingerprint density at radius 2 is 1.51 bits per heavy atom. The van der Waals surface area contributed by atoms with E-state index in [1.807, 2.05) is 41.5 Å². The lowest BCUT2D eigenvalue weighted by atomic mass is 9.41. The van der Waals surface area contributed by atoms with Crippen LogP contribution in [0.3, 0.4) is 0 Å². The Hall–Kier alpha value is -2.01. The van der Waals surface area contributed by atoms with Crippen LogP contribution >= 0.6 is 0 Å². The van der Waals surface area contributed by atoms with Gasteiger partial charge in [0.2, 0.25) is 0 Å². The van der Waals surface area contributed by atoms with Crippen molar-refractivity contribution in [3.63, 3.8) is 0 Å². The second kappa shape index (κ2) is 7.55. The standard InChI is InChI=1S/C25H32F6O6/c1-19(2,3)10-21(7,20(4,5)6)16(32)35-13-12-11-8-22(12)14(13)36-17(33)23(22,9-11)18(34)37-15(24(26,27)28)25(29,30)31/h11-15H,8-10H2,1-7H3. The number of alkyl halides is 6. The molecule has 6 nitrogen and oxygen atoms in total. The zero-order chi connectivity index (χ0) is 28.4. The lowest BCUT2D eigenvalue weighted by Gasteiger charge is -2.63. The number of ether oxygens (including phenoxy) is 3. The van der Waals surface area contributed by atoms with E-state index in [-0.39, 0.29) is 18.3 Å². The smallest absolute Gasteiger partial charge is 0.434 e. The highest BCUT2D eigenvalue weighted by molar-refractivity contribution is 6.05. The van der Waals surface area contributed by atoms with Crippen LogP contribution in [0.4, 0.5) is 26.3 Å². The van der Waals surface area contributed by atoms with E-state index in [1.165, 1.54) is 0 Å². The van der Waals surface area contributed by atoms with Gasteiger partial charge in [-0.25, -0.2) is 0 Å². The average Bonchev–Trinajstić information content (AvgIpc) is 3.22. The molecule has 0 N–H and O–H groups in total. The molecule has 12 heteroatoms. The number of hydrogen-bond donors (Lipinski definition) is 0. The number of carbonyl (C=O) groups excluding carboxylic acids is 3. The monoisotopic (exact) mass is 542 g/mol. The number of esters is 3. The maximum Gasteiger partial charge on any atom is 0.434 e. The molecule has 1 heterocycles. The van der Waals surface area contributed by atoms with Crippen molar-refractivity contribution in [1.29, 1.82) is 0 Å². The summed E-state index contributed by atoms with van der Waals surface area (Å²) < 4.78 is 93.5. The molecule has 7 atom stereocenters. The van der Waals surface area contributed by atoms with E-state index in [2.05, 4.69) is 4.74 Å². The van der Waals surface area contributed by atoms with Gasteiger partial charge in [-0.15, -0.1) is 0 Å². The van der Waals surface area contributed by atoms with Gasteiger partial charge >= 0.3 is 30.3 Å². The van der Waals surface area contributed by atoms with Gasteiger partial charge in [0.05, 0.1) is 5.41 Å². The second-order valence-electron chi connectivity index (χ2n) is 13.5. The number of hydrogen-bond acceptors (Lipinski definition) is 6. The first-order valence-electron chi connectivity index (χ1n) is 12.2. The third kappa shape index (κ3) is 3.62. The van der Waals surface area contributed by atoms with Gasteiger partial charge in [-0.2, -0.15) is 26.3 Å². The molecule has 5 rings (SSSR count). The van der Waals surface area contributed by atoms with E-state index in [4.69, 9.17) is 9.47 Å². The summed E-state index contributed by atoms with van der Waals surface area (Å²) in [5, 5.41) is 0. The van der Waals surface area contributed by atoms with E-state index in [9.17, 15) is 40.7 Å². The minimum Gasteiger partial charge on any atom is -0.458 e. The van der Waals surface area contributed by atoms with Crippen LogP contribution in [0.1, 0.15) is 67.7 Å². The van der Waals surface area contributed by atoms with Crippen molar-refractivity contribution in [1.82, 2.24) is 0 Å². The molecule has 0 aromatic carbocycles. The molecule has 5 aliphatic rings. The van der Waals surface area contributed by atoms with Gasteiger partial charge in [0, 0.05) is 11.3 Å². The van der Waals surface area contributed by atoms with E-state index >= 15 is 0 Å². The molecule has 4 aliphatic carbocycles. The van der Waals surface area contributed by atoms with Crippen molar-refractivity contribution in [2.45, 2.75) is 98.4 Å². The minimum atomic E-state index is -5.91. The van der Waals surface area contributed by atoms with E-state index < -0.39 is 82.1 Å². The third-order valence-corrected chi connectivity index (χ3v) is 9.21. The van der Waals surface area contributed by atoms with Crippen LogP contribution in [-0.4, -0.2) is 48.6 Å². The highest BCUT2D eigenvalue weighted by Gasteiger charge is 2.94. The predicted octanol–water partition coefficient (Wildman–Crippen LogP) is 5.37. The van der Waals surface area contributed by atoms with E-state index in [1.54, 1.807) is 6.92 Å². The number of carbonyl (C=O) groups is 3. The lowest BCUT2D eigenvalue weighted by Crippen LogP contribution is -2.73. The fourth-order valence-electron chi connectivity index (χ4n) is 7.31. The quantitative estimate of drug-likeness (QED) is 0.201. The first kappa shape index (κ1) is 28.0. The molecule has 5 fully saturated rings. The van der Waals surface area contributed by atoms with Gasteiger partial charge in [-0.3, -0.25) is 14.4 Å². The average molecular weight is 543 g/mol. The molecule has 37 heavy (non-hydrogen) atoms. The Kier molecular flexibility index (Phi) is 5.72. The summed E-state index contributed by atoms with van der Waals surface area (Å²) in [7, 11) is 0. The summed E-state index contributed by atoms with van der Waals surface area (Å²) in [6.07, 6.45) is -17.9. The summed E-state index contributed by atoms with van der Waals surface area (Å²) in [5.41, 5.74) is -5.34. The fraction of sp³-hybridized carbons (Fsp3) is 0.880. The van der Waals surface area contributed by atoms with Crippen molar-refractivity contribution in [2.75, 3.05) is 0 Å². The molecule has 1 saturated heterocycles. The van der Waals surface area contributed by atoms with Crippen molar-refractivity contribution in [3.8, 4) is 0 Å². The maximum atomic E-state index is 13.5. The molecule has 0 aromatic heterocycles. The maximum absolute atomic E-state index is 13.5. The Bertz CT molecular complexity index is 1010. The lowest BCUT2D eigenvalue weighted by molar-refractivity contribution is -0.318. The second-order valence-corrected chi connectivity index (χ2v) is 13.5. The first-order valence-corrected chi connectivity index (χ1v) is 12.2. The van der Waals surface area contributed by atoms with Gasteiger partial charge in [-0.05, 0) is 42.9 Å². The fourth-order valence-corrected chi connectivity index (χ4v) is 7.31. The van der Waals surface area contributed by atoms with Crippen LogP contribution in [0.15, 0.2) is 0 Å². The van der Waals surface area contributed by atoms with Crippen LogP contribution in [0.25, 0.3) is 0 Å². The zero-order valence-corrected chi connectivity index (χ0v) is 21.7. The molecule has 4 saturated carbocycles. The van der Waals surface area contributed by atoms with E-state index in [0.717, 1.165) is 0 Å². The van der Waals surface area contributed by atoms with Gasteiger partial charge in [0.25, 0.3) is 6.10 Å². The highest BCUT2D eigenvalue weighted by atomic mass is 19.4. The highest BCUT2D eigenvalue weighted by Crippen LogP contribution is 2.84. The van der Waals surface area contributed by atoms with Crippen LogP contribution in [-0.2, 0) is 28.6 Å². The first-order chi connectivity index (χ1) is 16.4. The largest absolute Gasteiger partial charge is 0.458 e. The predicted molar refractivity (Wildman–Crippen MR) is 114 cm³/mol. The van der Waals surface area contributed by atoms with Crippen LogP contribution in [0.2, 0.25) is 0 Å². The minimum absolute atomic E-state index is 0.193. The molecule has 7 unspecified atom stereocenters. The molecule has 210 valence electrons. The van der Waals surface area contributed by atoms with Crippen molar-refractivity contribution < 1.29 is 54.9 Å². The Balaban J connectivity index is 1.59. The van der Waals surface area contributed by atoms with Gasteiger partial charge < -0.3 is 14.2 Å². The molecule has 0 amide bonds. The van der Waals surface area contributed by atoms with E-state index in [0.29, 0.717) is 6.42 Å². The summed E-state index contributed by atoms with van der Waals surface area (Å²) in [6, 6.07) is 0. The SMILES string of the molecule is CC(C)(C)CC(C)(C(=O)OC1C2OC(=O)C3(C(=O)OC(C(F)(F)F)C(F)(F)F)CC4CC23C41)C(C)(C)C. The molecule has 1 aliphatic heterocycles. The van der Waals surface area contributed by atoms with Crippen LogP contribution in [0.5, 0.6) is 0 Å². The van der Waals surface area contributed by atoms with Gasteiger partial charge in [0.15, 0.2) is 5.41 Å². The number of halogens is 6. The molecule has 2 bridgehead atoms. The summed E-state index contributed by atoms with van der Waals surface area (Å²) in [4.78, 5) is 39.4. The Labute approximate surface area is 210 Å². The van der Waals surface area contributed by atoms with Crippen LogP contribution in [0, 0.1) is 38.9 Å². The molecule has 0 radical (unpaired) electrons. The van der Waals surface area contributed by atoms with Crippen molar-refractivity contribution in [2.24, 2.45) is 38.9 Å². The Morgan fingerprint density at radius 1 is 0.973 bits per heavy atom. The molecular formula is C25H32F6O6. The van der Waals surface area contributed by atoms with Gasteiger partial charge in [0.1, 0.15) is 12.2 Å². The van der Waals surface area contributed by atoms with Crippen molar-refractivity contribution in [3.05, 3.63) is 0 Å². The summed E-state index contributed by atoms with van der Waals surface area (Å²) in [6.45, 7) is 13.4. The third-order valence-electron chi connectivity index (χ3n) is 9.21. The van der Waals surface area contributed by atoms with Crippen LogP contribution < -0.4 is 0 Å². The molecule has 0 aromatic rings. The summed E-state index contributed by atoms with van der Waals surface area (Å²) >= 11 is 0. The topological polar surface area (TPSA) is 78.9 Å². The normalized spacial score (nSPS) is 36.2. The number of rotatable bonds is 5. The van der Waals surface area contributed by atoms with Gasteiger partial charge in [-0.1, -0.05) is 41.5 Å². The van der Waals surface area contributed by atoms with Crippen molar-refractivity contribution >= 4 is 17.9 Å². The Morgan fingerprint density at radius 3 is 1.97 bits per heavy atom. The zero-order valence-electron chi connectivity index (χ0n) is 21.7. The molecular weight excluding hydrogens is 510 g/mol. The molecule has 1 spiro atoms.